The Morgan fingerprint density at radius 2 is 2.17 bits per heavy atom. The molecule has 18 heavy (non-hydrogen) atoms. The first-order valence-corrected chi connectivity index (χ1v) is 7.20. The minimum atomic E-state index is 0.625. The van der Waals surface area contributed by atoms with Crippen molar-refractivity contribution in [2.24, 2.45) is 0 Å². The fraction of sp³-hybridized carbons (Fsp3) is 0.286. The molecule has 2 N–H and O–H groups in total. The average Bonchev–Trinajstić information content (AvgIpc) is 2.84. The number of rotatable bonds is 4. The number of anilines is 2. The monoisotopic (exact) mass is 280 g/mol. The second-order valence-corrected chi connectivity index (χ2v) is 5.69. The van der Waals surface area contributed by atoms with Crippen molar-refractivity contribution in [3.05, 3.63) is 45.1 Å². The molecule has 0 spiro atoms. The molecule has 0 aliphatic rings. The predicted molar refractivity (Wildman–Crippen MR) is 81.6 cm³/mol. The van der Waals surface area contributed by atoms with Gasteiger partial charge in [0.25, 0.3) is 0 Å². The van der Waals surface area contributed by atoms with Gasteiger partial charge >= 0.3 is 0 Å². The molecule has 2 rings (SSSR count). The molecule has 0 amide bonds. The van der Waals surface area contributed by atoms with E-state index in [-0.39, 0.29) is 0 Å². The van der Waals surface area contributed by atoms with E-state index in [2.05, 4.69) is 36.3 Å². The molecule has 0 aliphatic heterocycles. The molecular weight excluding hydrogens is 264 g/mol. The summed E-state index contributed by atoms with van der Waals surface area (Å²) in [6.45, 7) is 6.07. The first-order valence-electron chi connectivity index (χ1n) is 5.94. The summed E-state index contributed by atoms with van der Waals surface area (Å²) in [6, 6.07) is 8.14. The van der Waals surface area contributed by atoms with Crippen molar-refractivity contribution in [3.63, 3.8) is 0 Å². The third kappa shape index (κ3) is 2.79. The van der Waals surface area contributed by atoms with E-state index in [0.29, 0.717) is 10.7 Å². The van der Waals surface area contributed by atoms with Crippen LogP contribution in [0.3, 0.4) is 0 Å². The minimum absolute atomic E-state index is 0.625. The minimum Gasteiger partial charge on any atom is -0.398 e. The van der Waals surface area contributed by atoms with Crippen LogP contribution in [0.15, 0.2) is 29.6 Å². The Morgan fingerprint density at radius 3 is 2.78 bits per heavy atom. The Morgan fingerprint density at radius 1 is 1.39 bits per heavy atom. The van der Waals surface area contributed by atoms with Crippen molar-refractivity contribution in [3.8, 4) is 0 Å². The zero-order valence-corrected chi connectivity index (χ0v) is 12.2. The zero-order chi connectivity index (χ0) is 13.1. The van der Waals surface area contributed by atoms with Crippen LogP contribution in [0.4, 0.5) is 11.4 Å². The Bertz CT molecular complexity index is 523. The van der Waals surface area contributed by atoms with Crippen LogP contribution in [0.5, 0.6) is 0 Å². The molecule has 4 heteroatoms. The second-order valence-electron chi connectivity index (χ2n) is 4.25. The largest absolute Gasteiger partial charge is 0.398 e. The van der Waals surface area contributed by atoms with Gasteiger partial charge in [-0.1, -0.05) is 17.7 Å². The summed E-state index contributed by atoms with van der Waals surface area (Å²) in [5, 5.41) is 2.73. The van der Waals surface area contributed by atoms with Gasteiger partial charge in [0.2, 0.25) is 0 Å². The maximum Gasteiger partial charge on any atom is 0.0656 e. The molecule has 0 saturated heterocycles. The van der Waals surface area contributed by atoms with Crippen LogP contribution in [0, 0.1) is 6.92 Å². The van der Waals surface area contributed by atoms with E-state index in [1.807, 2.05) is 12.1 Å². The lowest BCUT2D eigenvalue weighted by Crippen LogP contribution is -2.22. The van der Waals surface area contributed by atoms with Crippen molar-refractivity contribution in [1.82, 2.24) is 0 Å². The summed E-state index contributed by atoms with van der Waals surface area (Å²) < 4.78 is 0. The maximum absolute atomic E-state index is 6.12. The SMILES string of the molecule is CCN(Cc1cccs1)c1cc(Cl)c(N)cc1C. The Hall–Kier alpha value is -1.19. The van der Waals surface area contributed by atoms with Crippen LogP contribution >= 0.6 is 22.9 Å². The van der Waals surface area contributed by atoms with E-state index in [9.17, 15) is 0 Å². The zero-order valence-electron chi connectivity index (χ0n) is 10.6. The summed E-state index contributed by atoms with van der Waals surface area (Å²) in [5.41, 5.74) is 8.78. The number of aryl methyl sites for hydroxylation is 1. The molecule has 0 unspecified atom stereocenters. The van der Waals surface area contributed by atoms with Crippen LogP contribution < -0.4 is 10.6 Å². The first kappa shape index (κ1) is 13.2. The summed E-state index contributed by atoms with van der Waals surface area (Å²) in [4.78, 5) is 3.66. The van der Waals surface area contributed by atoms with Gasteiger partial charge in [-0.25, -0.2) is 0 Å². The second kappa shape index (κ2) is 5.63. The van der Waals surface area contributed by atoms with Crippen LogP contribution in [-0.2, 0) is 6.54 Å². The normalized spacial score (nSPS) is 10.6. The van der Waals surface area contributed by atoms with E-state index >= 15 is 0 Å². The van der Waals surface area contributed by atoms with Crippen LogP contribution in [0.2, 0.25) is 5.02 Å². The van der Waals surface area contributed by atoms with Gasteiger partial charge in [-0.3, -0.25) is 0 Å². The topological polar surface area (TPSA) is 29.3 Å². The van der Waals surface area contributed by atoms with E-state index in [4.69, 9.17) is 17.3 Å². The molecule has 0 atom stereocenters. The lowest BCUT2D eigenvalue weighted by Gasteiger charge is -2.25. The summed E-state index contributed by atoms with van der Waals surface area (Å²) >= 11 is 7.89. The first-order chi connectivity index (χ1) is 8.61. The average molecular weight is 281 g/mol. The van der Waals surface area contributed by atoms with Crippen LogP contribution in [-0.4, -0.2) is 6.54 Å². The Kier molecular flexibility index (Phi) is 4.15. The molecule has 0 bridgehead atoms. The van der Waals surface area contributed by atoms with Gasteiger partial charge in [0.05, 0.1) is 17.3 Å². The van der Waals surface area contributed by atoms with Gasteiger partial charge < -0.3 is 10.6 Å². The molecule has 96 valence electrons. The van der Waals surface area contributed by atoms with Crippen molar-refractivity contribution < 1.29 is 0 Å². The number of thiophene rings is 1. The van der Waals surface area contributed by atoms with Crippen LogP contribution in [0.1, 0.15) is 17.4 Å². The third-order valence-corrected chi connectivity index (χ3v) is 4.15. The molecule has 1 aromatic heterocycles. The summed E-state index contributed by atoms with van der Waals surface area (Å²) in [7, 11) is 0. The summed E-state index contributed by atoms with van der Waals surface area (Å²) in [5.74, 6) is 0. The van der Waals surface area contributed by atoms with Crippen molar-refractivity contribution >= 4 is 34.3 Å². The highest BCUT2D eigenvalue weighted by Gasteiger charge is 2.11. The molecule has 1 aromatic carbocycles. The highest BCUT2D eigenvalue weighted by molar-refractivity contribution is 7.09. The molecule has 0 aliphatic carbocycles. The number of benzene rings is 1. The van der Waals surface area contributed by atoms with Crippen LogP contribution in [0.25, 0.3) is 0 Å². The molecule has 2 aromatic rings. The van der Waals surface area contributed by atoms with Crippen molar-refractivity contribution in [1.29, 1.82) is 0 Å². The molecule has 1 heterocycles. The Labute approximate surface area is 117 Å². The van der Waals surface area contributed by atoms with Gasteiger partial charge in [-0.05, 0) is 43.0 Å². The number of nitrogens with two attached hydrogens (primary N) is 1. The molecular formula is C14H17ClN2S. The number of nitrogens with zero attached hydrogens (tertiary/aromatic N) is 1. The summed E-state index contributed by atoms with van der Waals surface area (Å²) in [6.07, 6.45) is 0. The quantitative estimate of drug-likeness (QED) is 0.845. The van der Waals surface area contributed by atoms with Crippen molar-refractivity contribution in [2.45, 2.75) is 20.4 Å². The van der Waals surface area contributed by atoms with Gasteiger partial charge in [0, 0.05) is 17.1 Å². The van der Waals surface area contributed by atoms with Gasteiger partial charge in [-0.2, -0.15) is 0 Å². The molecule has 0 radical (unpaired) electrons. The standard InChI is InChI=1S/C14H17ClN2S/c1-3-17(9-11-5-4-6-18-11)14-8-12(15)13(16)7-10(14)2/h4-8H,3,9,16H2,1-2H3. The number of halogens is 1. The lowest BCUT2D eigenvalue weighted by atomic mass is 10.1. The molecule has 0 fully saturated rings. The predicted octanol–water partition coefficient (Wildman–Crippen LogP) is 4.32. The van der Waals surface area contributed by atoms with E-state index in [1.54, 1.807) is 11.3 Å². The van der Waals surface area contributed by atoms with E-state index < -0.39 is 0 Å². The highest BCUT2D eigenvalue weighted by Crippen LogP contribution is 2.30. The third-order valence-electron chi connectivity index (χ3n) is 2.96. The number of nitrogen functional groups attached to an aromatic ring is 1. The molecule has 2 nitrogen and oxygen atoms in total. The van der Waals surface area contributed by atoms with Gasteiger partial charge in [-0.15, -0.1) is 11.3 Å². The lowest BCUT2D eigenvalue weighted by molar-refractivity contribution is 0.838. The highest BCUT2D eigenvalue weighted by atomic mass is 35.5. The van der Waals surface area contributed by atoms with Crippen molar-refractivity contribution in [2.75, 3.05) is 17.2 Å². The fourth-order valence-corrected chi connectivity index (χ4v) is 2.87. The van der Waals surface area contributed by atoms with E-state index in [1.165, 1.54) is 4.88 Å². The number of hydrogen-bond donors (Lipinski definition) is 1. The fourth-order valence-electron chi connectivity index (χ4n) is 1.99. The maximum atomic E-state index is 6.12. The Balaban J connectivity index is 2.30. The van der Waals surface area contributed by atoms with Gasteiger partial charge in [0.1, 0.15) is 0 Å². The van der Waals surface area contributed by atoms with E-state index in [0.717, 1.165) is 24.3 Å². The molecule has 0 saturated carbocycles. The smallest absolute Gasteiger partial charge is 0.0656 e. The number of hydrogen-bond acceptors (Lipinski definition) is 3. The van der Waals surface area contributed by atoms with Gasteiger partial charge in [0.15, 0.2) is 0 Å².